The molecule has 82 heavy (non-hydrogen) atoms. The van der Waals surface area contributed by atoms with Gasteiger partial charge >= 0.3 is 41.8 Å². The summed E-state index contributed by atoms with van der Waals surface area (Å²) in [5, 5.41) is 0. The van der Waals surface area contributed by atoms with E-state index >= 15 is 0 Å². The minimum absolute atomic E-state index is 0.0286. The zero-order valence-corrected chi connectivity index (χ0v) is 51.6. The fourth-order valence-electron chi connectivity index (χ4n) is 9.73. The Bertz CT molecular complexity index is 2190. The Morgan fingerprint density at radius 3 is 1.54 bits per heavy atom. The van der Waals surface area contributed by atoms with E-state index in [9.17, 15) is 33.6 Å². The number of benzene rings is 2. The molecule has 17 heteroatoms. The molecule has 0 fully saturated rings. The summed E-state index contributed by atoms with van der Waals surface area (Å²) in [7, 11) is 3.45. The van der Waals surface area contributed by atoms with Crippen LogP contribution in [0, 0.1) is 6.92 Å². The molecule has 0 saturated carbocycles. The van der Waals surface area contributed by atoms with E-state index in [1.165, 1.54) is 135 Å². The molecule has 460 valence electrons. The molecule has 1 heterocycles. The van der Waals surface area contributed by atoms with E-state index in [4.69, 9.17) is 37.9 Å². The van der Waals surface area contributed by atoms with Crippen molar-refractivity contribution in [2.45, 2.75) is 259 Å². The fraction of sp³-hybridized carbons (Fsp3) is 0.677. The Labute approximate surface area is 492 Å². The Kier molecular flexibility index (Phi) is 38.0. The topological polar surface area (TPSA) is 203 Å². The predicted octanol–water partition coefficient (Wildman–Crippen LogP) is 15.0. The molecule has 0 spiro atoms. The van der Waals surface area contributed by atoms with Gasteiger partial charge in [-0.2, -0.15) is 0 Å². The quantitative estimate of drug-likeness (QED) is 0.0151. The van der Waals surface area contributed by atoms with E-state index in [1.807, 2.05) is 29.4 Å². The van der Waals surface area contributed by atoms with Crippen LogP contribution in [-0.2, 0) is 76.6 Å². The van der Waals surface area contributed by atoms with Crippen molar-refractivity contribution in [1.29, 1.82) is 0 Å². The summed E-state index contributed by atoms with van der Waals surface area (Å²) in [5.74, 6) is -3.13. The van der Waals surface area contributed by atoms with Crippen molar-refractivity contribution in [2.24, 2.45) is 0 Å². The van der Waals surface area contributed by atoms with Crippen LogP contribution in [0.15, 0.2) is 35.9 Å². The van der Waals surface area contributed by atoms with Crippen molar-refractivity contribution in [2.75, 3.05) is 26.9 Å². The first-order valence-electron chi connectivity index (χ1n) is 30.8. The Hall–Kier alpha value is -5.50. The van der Waals surface area contributed by atoms with Gasteiger partial charge < -0.3 is 42.4 Å². The van der Waals surface area contributed by atoms with E-state index in [0.717, 1.165) is 44.1 Å². The third-order valence-electron chi connectivity index (χ3n) is 14.7. The molecule has 3 rings (SSSR count). The molecule has 2 aromatic carbocycles. The number of carbonyl (C=O) groups excluding carboxylic acids is 7. The summed E-state index contributed by atoms with van der Waals surface area (Å²) in [6.07, 6.45) is 32.5. The van der Waals surface area contributed by atoms with Crippen LogP contribution in [-0.4, -0.2) is 74.8 Å². The maximum absolute atomic E-state index is 13.0. The summed E-state index contributed by atoms with van der Waals surface area (Å²) >= 11 is 0. The number of allylic oxidation sites excluding steroid dienone is 2. The van der Waals surface area contributed by atoms with E-state index in [1.54, 1.807) is 12.1 Å². The molecule has 0 bridgehead atoms. The van der Waals surface area contributed by atoms with Gasteiger partial charge in [0.15, 0.2) is 12.7 Å². The van der Waals surface area contributed by atoms with E-state index in [0.29, 0.717) is 47.3 Å². The predicted molar refractivity (Wildman–Crippen MR) is 318 cm³/mol. The molecule has 0 aromatic heterocycles. The molecule has 0 aliphatic carbocycles. The van der Waals surface area contributed by atoms with Gasteiger partial charge in [0, 0.05) is 30.4 Å². The second kappa shape index (κ2) is 44.1. The molecular formula is C65H99O16P. The number of ether oxygens (including phenoxy) is 8. The average Bonchev–Trinajstić information content (AvgIpc) is 4.06. The highest BCUT2D eigenvalue weighted by Gasteiger charge is 2.33. The lowest BCUT2D eigenvalue weighted by Gasteiger charge is -2.19. The lowest BCUT2D eigenvalue weighted by Crippen LogP contribution is -2.31. The molecule has 16 nitrogen and oxygen atoms in total. The lowest BCUT2D eigenvalue weighted by atomic mass is 9.94. The van der Waals surface area contributed by atoms with Crippen LogP contribution in [0.2, 0.25) is 0 Å². The zero-order chi connectivity index (χ0) is 59.6. The van der Waals surface area contributed by atoms with Crippen molar-refractivity contribution < 1.29 is 76.0 Å². The number of carbonyl (C=O) groups is 7. The van der Waals surface area contributed by atoms with Gasteiger partial charge in [-0.15, -0.1) is 0 Å². The number of fused-ring (bicyclic) bond motifs is 1. The number of esters is 6. The van der Waals surface area contributed by atoms with Crippen molar-refractivity contribution in [3.05, 3.63) is 63.7 Å². The van der Waals surface area contributed by atoms with Crippen LogP contribution in [0.4, 0.5) is 0 Å². The molecule has 0 saturated heterocycles. The van der Waals surface area contributed by atoms with Crippen LogP contribution < -0.4 is 14.2 Å². The number of hydrogen-bond donors (Lipinski definition) is 0. The van der Waals surface area contributed by atoms with Crippen LogP contribution in [0.3, 0.4) is 0 Å². The summed E-state index contributed by atoms with van der Waals surface area (Å²) < 4.78 is 49.3. The van der Waals surface area contributed by atoms with Gasteiger partial charge in [-0.3, -0.25) is 24.0 Å². The van der Waals surface area contributed by atoms with Crippen LogP contribution in [0.25, 0.3) is 0 Å². The Morgan fingerprint density at radius 2 is 1.05 bits per heavy atom. The van der Waals surface area contributed by atoms with E-state index in [2.05, 4.69) is 18.4 Å². The highest BCUT2D eigenvalue weighted by molar-refractivity contribution is 7.10. The lowest BCUT2D eigenvalue weighted by molar-refractivity contribution is -0.167. The second-order valence-electron chi connectivity index (χ2n) is 21.7. The van der Waals surface area contributed by atoms with Crippen LogP contribution >= 0.6 is 9.47 Å². The molecule has 1 unspecified atom stereocenters. The fourth-order valence-corrected chi connectivity index (χ4v) is 9.85. The van der Waals surface area contributed by atoms with Crippen molar-refractivity contribution in [3.63, 3.8) is 0 Å². The first-order valence-corrected chi connectivity index (χ1v) is 31.3. The van der Waals surface area contributed by atoms with Crippen molar-refractivity contribution in [3.8, 4) is 17.2 Å². The van der Waals surface area contributed by atoms with Crippen molar-refractivity contribution in [1.82, 2.24) is 0 Å². The normalized spacial score (nSPS) is 11.9. The van der Waals surface area contributed by atoms with Gasteiger partial charge in [-0.05, 0) is 62.8 Å². The van der Waals surface area contributed by atoms with E-state index < -0.39 is 48.5 Å². The maximum Gasteiger partial charge on any atom is 0.344 e. The molecule has 1 atom stereocenters. The third kappa shape index (κ3) is 30.7. The third-order valence-corrected chi connectivity index (χ3v) is 14.9. The van der Waals surface area contributed by atoms with Crippen LogP contribution in [0.5, 0.6) is 17.2 Å². The molecule has 0 amide bonds. The van der Waals surface area contributed by atoms with Gasteiger partial charge in [0.1, 0.15) is 49.2 Å². The van der Waals surface area contributed by atoms with Crippen LogP contribution in [0.1, 0.15) is 259 Å². The highest BCUT2D eigenvalue weighted by Crippen LogP contribution is 2.43. The SMILES string of the molecule is CCCCCCCCCCCCCCCC(=O)OCC(COC(=O)CCCCCCCCCCCCCCC)OC(=O)CCC(=O)Oc1ccc(COC(=O)COc2c(C/C=C(\C)CCC(=O)OP)c(OC)c(C)c3c2C(=O)OC3)cc1. The second-order valence-corrected chi connectivity index (χ2v) is 21.9. The highest BCUT2D eigenvalue weighted by atomic mass is 31.0. The van der Waals surface area contributed by atoms with Gasteiger partial charge in [0.05, 0.1) is 29.4 Å². The average molecular weight is 1170 g/mol. The molecule has 0 radical (unpaired) electrons. The summed E-state index contributed by atoms with van der Waals surface area (Å²) in [6.45, 7) is 6.95. The zero-order valence-electron chi connectivity index (χ0n) is 50.4. The Morgan fingerprint density at radius 1 is 0.573 bits per heavy atom. The largest absolute Gasteiger partial charge is 0.496 e. The molecular weight excluding hydrogens is 1070 g/mol. The minimum atomic E-state index is -1.05. The summed E-state index contributed by atoms with van der Waals surface area (Å²) in [5.41, 5.74) is 3.53. The minimum Gasteiger partial charge on any atom is -0.496 e. The van der Waals surface area contributed by atoms with Gasteiger partial charge in [-0.1, -0.05) is 192 Å². The standard InChI is InChI=1S/C65H99O16P/c1-6-8-10-12-14-16-18-20-22-24-26-28-30-32-56(66)75-45-53(46-76-57(67)33-31-29-27-25-23-21-19-17-15-13-11-9-7-2)80-59(69)43-42-58(68)79-52-38-36-51(37-39-52)44-74-61(71)48-77-64-54(40-34-49(3)35-41-60(70)81-82)63(73-5)50(4)55-47-78-65(72)62(55)64/h34,36-39,53H,6-33,35,40-48,82H2,1-5H3/b49-34+. The van der Waals surface area contributed by atoms with Crippen molar-refractivity contribution >= 4 is 51.3 Å². The molecule has 0 N–H and O–H groups in total. The maximum atomic E-state index is 13.0. The van der Waals surface area contributed by atoms with Gasteiger partial charge in [0.25, 0.3) is 0 Å². The smallest absolute Gasteiger partial charge is 0.344 e. The number of methoxy groups -OCH3 is 1. The Balaban J connectivity index is 1.45. The van der Waals surface area contributed by atoms with Gasteiger partial charge in [-0.25, -0.2) is 9.59 Å². The number of hydrogen-bond acceptors (Lipinski definition) is 16. The number of cyclic esters (lactones) is 1. The molecule has 1 aliphatic rings. The first kappa shape index (κ1) is 70.8. The number of rotatable bonds is 48. The first-order chi connectivity index (χ1) is 39.8. The summed E-state index contributed by atoms with van der Waals surface area (Å²) in [4.78, 5) is 89.0. The number of unbranched alkanes of at least 4 members (excludes halogenated alkanes) is 24. The summed E-state index contributed by atoms with van der Waals surface area (Å²) in [6, 6.07) is 6.25. The van der Waals surface area contributed by atoms with E-state index in [-0.39, 0.29) is 88.0 Å². The monoisotopic (exact) mass is 1170 g/mol. The molecule has 2 aromatic rings. The molecule has 1 aliphatic heterocycles. The van der Waals surface area contributed by atoms with Gasteiger partial charge in [0.2, 0.25) is 0 Å².